The number of piperazine rings is 1. The van der Waals surface area contributed by atoms with Crippen LogP contribution < -0.4 is 5.56 Å². The van der Waals surface area contributed by atoms with Gasteiger partial charge in [0.2, 0.25) is 0 Å². The molecule has 1 aliphatic heterocycles. The zero-order valence-corrected chi connectivity index (χ0v) is 20.2. The van der Waals surface area contributed by atoms with E-state index in [1.54, 1.807) is 23.7 Å². The third-order valence-corrected chi connectivity index (χ3v) is 8.02. The molecule has 4 aromatic rings. The predicted molar refractivity (Wildman–Crippen MR) is 136 cm³/mol. The van der Waals surface area contributed by atoms with Gasteiger partial charge in [0.05, 0.1) is 17.5 Å². The van der Waals surface area contributed by atoms with Gasteiger partial charge in [0.25, 0.3) is 11.5 Å². The van der Waals surface area contributed by atoms with Crippen LogP contribution in [0.25, 0.3) is 21.6 Å². The Bertz CT molecular complexity index is 1420. The molecule has 1 amide bonds. The number of aromatic nitrogens is 4. The molecule has 3 aromatic heterocycles. The molecule has 0 saturated carbocycles. The number of benzene rings is 1. The van der Waals surface area contributed by atoms with E-state index in [0.29, 0.717) is 36.8 Å². The lowest BCUT2D eigenvalue weighted by Gasteiger charge is -2.34. The van der Waals surface area contributed by atoms with E-state index < -0.39 is 0 Å². The van der Waals surface area contributed by atoms with E-state index >= 15 is 0 Å². The molecule has 8 nitrogen and oxygen atoms in total. The molecule has 1 fully saturated rings. The van der Waals surface area contributed by atoms with E-state index in [1.807, 2.05) is 35.2 Å². The molecule has 35 heavy (non-hydrogen) atoms. The van der Waals surface area contributed by atoms with Gasteiger partial charge in [0.1, 0.15) is 10.7 Å². The Balaban J connectivity index is 1.10. The number of thiophene rings is 1. The van der Waals surface area contributed by atoms with Crippen molar-refractivity contribution in [1.29, 1.82) is 0 Å². The van der Waals surface area contributed by atoms with Crippen LogP contribution in [-0.2, 0) is 19.4 Å². The number of aryl methyl sites for hydroxylation is 2. The van der Waals surface area contributed by atoms with Crippen molar-refractivity contribution in [3.63, 3.8) is 0 Å². The third kappa shape index (κ3) is 4.37. The second kappa shape index (κ2) is 9.31. The molecule has 1 aromatic carbocycles. The smallest absolute Gasteiger partial charge is 0.259 e. The van der Waals surface area contributed by atoms with E-state index in [4.69, 9.17) is 4.98 Å². The molecule has 4 heterocycles. The lowest BCUT2D eigenvalue weighted by molar-refractivity contribution is 0.0624. The molecule has 0 radical (unpaired) electrons. The summed E-state index contributed by atoms with van der Waals surface area (Å²) in [5, 5.41) is 0.796. The summed E-state index contributed by atoms with van der Waals surface area (Å²) in [6.07, 6.45) is 7.59. The minimum Gasteiger partial charge on any atom is -0.336 e. The van der Waals surface area contributed by atoms with E-state index in [-0.39, 0.29) is 11.5 Å². The van der Waals surface area contributed by atoms with Crippen LogP contribution in [0.15, 0.2) is 47.5 Å². The summed E-state index contributed by atoms with van der Waals surface area (Å²) in [5.41, 5.74) is 2.62. The second-order valence-corrected chi connectivity index (χ2v) is 10.2. The van der Waals surface area contributed by atoms with Gasteiger partial charge < -0.3 is 9.88 Å². The van der Waals surface area contributed by atoms with E-state index in [0.717, 1.165) is 48.1 Å². The number of carbonyl (C=O) groups is 1. The maximum absolute atomic E-state index is 13.0. The fourth-order valence-electron chi connectivity index (χ4n) is 4.96. The van der Waals surface area contributed by atoms with E-state index in [2.05, 4.69) is 19.9 Å². The van der Waals surface area contributed by atoms with Gasteiger partial charge in [-0.3, -0.25) is 14.5 Å². The van der Waals surface area contributed by atoms with Crippen molar-refractivity contribution in [3.8, 4) is 11.4 Å². The maximum Gasteiger partial charge on any atom is 0.259 e. The number of rotatable bonds is 4. The lowest BCUT2D eigenvalue weighted by atomic mass is 9.97. The molecule has 0 bridgehead atoms. The molecular formula is C26H26N6O2S. The second-order valence-electron chi connectivity index (χ2n) is 9.13. The van der Waals surface area contributed by atoms with Crippen molar-refractivity contribution in [1.82, 2.24) is 29.7 Å². The third-order valence-electron chi connectivity index (χ3n) is 6.84. The minimum atomic E-state index is -0.0543. The first-order valence-electron chi connectivity index (χ1n) is 12.1. The Morgan fingerprint density at radius 1 is 1.00 bits per heavy atom. The standard InChI is InChI=1S/C26H26N6O2S/c33-24-22-19-8-4-5-9-20(19)35-25(22)30-21(29-24)16-31-10-12-32(13-11-31)26(34)18-14-27-23(28-15-18)17-6-2-1-3-7-17/h1-3,6-7,14-15H,4-5,8-13,16H2,(H,29,30,33). The number of hydrogen-bond donors (Lipinski definition) is 1. The van der Waals surface area contributed by atoms with Crippen molar-refractivity contribution < 1.29 is 4.79 Å². The number of aromatic amines is 1. The van der Waals surface area contributed by atoms with Crippen molar-refractivity contribution in [2.45, 2.75) is 32.2 Å². The summed E-state index contributed by atoms with van der Waals surface area (Å²) < 4.78 is 0. The van der Waals surface area contributed by atoms with E-state index in [9.17, 15) is 9.59 Å². The summed E-state index contributed by atoms with van der Waals surface area (Å²) >= 11 is 1.68. The first kappa shape index (κ1) is 22.1. The van der Waals surface area contributed by atoms with Crippen molar-refractivity contribution in [2.24, 2.45) is 0 Å². The van der Waals surface area contributed by atoms with Crippen LogP contribution in [0.2, 0.25) is 0 Å². The summed E-state index contributed by atoms with van der Waals surface area (Å²) in [4.78, 5) is 48.6. The first-order valence-corrected chi connectivity index (χ1v) is 12.9. The maximum atomic E-state index is 13.0. The molecule has 9 heteroatoms. The zero-order chi connectivity index (χ0) is 23.8. The first-order chi connectivity index (χ1) is 17.2. The Morgan fingerprint density at radius 3 is 2.51 bits per heavy atom. The van der Waals surface area contributed by atoms with Crippen LogP contribution in [0.5, 0.6) is 0 Å². The average molecular weight is 487 g/mol. The highest BCUT2D eigenvalue weighted by molar-refractivity contribution is 7.18. The number of H-pyrrole nitrogens is 1. The fourth-order valence-corrected chi connectivity index (χ4v) is 6.24. The van der Waals surface area contributed by atoms with Crippen LogP contribution in [0.4, 0.5) is 0 Å². The number of carbonyl (C=O) groups excluding carboxylic acids is 1. The SMILES string of the molecule is O=C(c1cnc(-c2ccccc2)nc1)N1CCN(Cc2nc3sc4c(c3c(=O)[nH]2)CCCC4)CC1. The Hall–Kier alpha value is -3.43. The van der Waals surface area contributed by atoms with Gasteiger partial charge in [-0.15, -0.1) is 11.3 Å². The normalized spacial score (nSPS) is 16.4. The molecule has 0 atom stereocenters. The van der Waals surface area contributed by atoms with Gasteiger partial charge in [-0.1, -0.05) is 30.3 Å². The molecule has 0 spiro atoms. The monoisotopic (exact) mass is 486 g/mol. The van der Waals surface area contributed by atoms with Crippen LogP contribution in [0, 0.1) is 0 Å². The number of nitrogens with zero attached hydrogens (tertiary/aromatic N) is 5. The van der Waals surface area contributed by atoms with Crippen molar-refractivity contribution in [3.05, 3.63) is 74.9 Å². The largest absolute Gasteiger partial charge is 0.336 e. The zero-order valence-electron chi connectivity index (χ0n) is 19.4. The highest BCUT2D eigenvalue weighted by Crippen LogP contribution is 2.33. The van der Waals surface area contributed by atoms with Crippen LogP contribution in [0.1, 0.15) is 39.5 Å². The Kier molecular flexibility index (Phi) is 5.87. The van der Waals surface area contributed by atoms with Gasteiger partial charge in [0, 0.05) is 49.0 Å². The molecule has 0 unspecified atom stereocenters. The number of amides is 1. The van der Waals surface area contributed by atoms with Crippen LogP contribution in [0.3, 0.4) is 0 Å². The molecule has 1 aliphatic carbocycles. The molecule has 1 saturated heterocycles. The quantitative estimate of drug-likeness (QED) is 0.476. The molecule has 1 N–H and O–H groups in total. The summed E-state index contributed by atoms with van der Waals surface area (Å²) in [7, 11) is 0. The molecular weight excluding hydrogens is 460 g/mol. The van der Waals surface area contributed by atoms with Gasteiger partial charge in [0.15, 0.2) is 5.82 Å². The highest BCUT2D eigenvalue weighted by Gasteiger charge is 2.24. The Morgan fingerprint density at radius 2 is 1.74 bits per heavy atom. The molecule has 6 rings (SSSR count). The molecule has 2 aliphatic rings. The van der Waals surface area contributed by atoms with Gasteiger partial charge in [-0.05, 0) is 31.2 Å². The lowest BCUT2D eigenvalue weighted by Crippen LogP contribution is -2.48. The number of nitrogens with one attached hydrogen (secondary N) is 1. The average Bonchev–Trinajstić information content (AvgIpc) is 3.28. The predicted octanol–water partition coefficient (Wildman–Crippen LogP) is 3.28. The number of hydrogen-bond acceptors (Lipinski definition) is 7. The minimum absolute atomic E-state index is 0.0165. The van der Waals surface area contributed by atoms with Gasteiger partial charge in [-0.2, -0.15) is 0 Å². The highest BCUT2D eigenvalue weighted by atomic mass is 32.1. The van der Waals surface area contributed by atoms with Gasteiger partial charge in [-0.25, -0.2) is 15.0 Å². The fraction of sp³-hybridized carbons (Fsp3) is 0.346. The van der Waals surface area contributed by atoms with E-state index in [1.165, 1.54) is 16.9 Å². The summed E-state index contributed by atoms with van der Waals surface area (Å²) in [6, 6.07) is 9.72. The number of fused-ring (bicyclic) bond motifs is 3. The summed E-state index contributed by atoms with van der Waals surface area (Å²) in [5.74, 6) is 1.25. The van der Waals surface area contributed by atoms with Crippen molar-refractivity contribution >= 4 is 27.5 Å². The van der Waals surface area contributed by atoms with Crippen molar-refractivity contribution in [2.75, 3.05) is 26.2 Å². The van der Waals surface area contributed by atoms with Gasteiger partial charge >= 0.3 is 0 Å². The molecule has 178 valence electrons. The van der Waals surface area contributed by atoms with Crippen LogP contribution >= 0.6 is 11.3 Å². The van der Waals surface area contributed by atoms with Crippen LogP contribution in [-0.4, -0.2) is 61.8 Å². The topological polar surface area (TPSA) is 95.1 Å². The Labute approximate surface area is 206 Å². The summed E-state index contributed by atoms with van der Waals surface area (Å²) in [6.45, 7) is 3.23.